The number of aromatic nitrogens is 2. The fourth-order valence-corrected chi connectivity index (χ4v) is 1.97. The van der Waals surface area contributed by atoms with E-state index in [1.807, 2.05) is 13.8 Å². The average molecular weight is 341 g/mol. The lowest BCUT2D eigenvalue weighted by Gasteiger charge is -2.10. The van der Waals surface area contributed by atoms with E-state index in [2.05, 4.69) is 33.9 Å². The minimum Gasteiger partial charge on any atom is -0.352 e. The zero-order valence-electron chi connectivity index (χ0n) is 12.4. The van der Waals surface area contributed by atoms with Crippen LogP contribution in [0.15, 0.2) is 22.7 Å². The van der Waals surface area contributed by atoms with E-state index in [1.165, 1.54) is 12.1 Å². The molecule has 1 aromatic carbocycles. The third-order valence-corrected chi connectivity index (χ3v) is 3.39. The first-order valence-electron chi connectivity index (χ1n) is 6.83. The molecule has 22 heavy (non-hydrogen) atoms. The molecule has 1 aromatic heterocycles. The number of halogens is 1. The molecule has 0 saturated heterocycles. The zero-order valence-corrected chi connectivity index (χ0v) is 14.7. The molecular weight excluding hydrogens is 323 g/mol. The second kappa shape index (κ2) is 6.80. The van der Waals surface area contributed by atoms with Crippen LogP contribution in [0.1, 0.15) is 36.5 Å². The molecule has 2 aromatic rings. The molecule has 2 unspecified atom stereocenters. The second-order valence-electron chi connectivity index (χ2n) is 5.16. The lowest BCUT2D eigenvalue weighted by Crippen LogP contribution is -2.24. The highest BCUT2D eigenvalue weighted by Crippen LogP contribution is 2.37. The van der Waals surface area contributed by atoms with Gasteiger partial charge in [0.1, 0.15) is 5.82 Å². The molecule has 1 heterocycles. The monoisotopic (exact) mass is 341 g/mol. The molecular formula is C14H18FN3O2P2. The van der Waals surface area contributed by atoms with Gasteiger partial charge >= 0.3 is 0 Å². The summed E-state index contributed by atoms with van der Waals surface area (Å²) < 4.78 is 19.2. The van der Waals surface area contributed by atoms with Crippen molar-refractivity contribution in [3.8, 4) is 11.4 Å². The Labute approximate surface area is 132 Å². The molecule has 1 N–H and O–H groups in total. The fourth-order valence-electron chi connectivity index (χ4n) is 1.73. The maximum absolute atomic E-state index is 14.1. The number of carbonyl (C=O) groups is 1. The number of benzene rings is 1. The molecule has 1 amide bonds. The van der Waals surface area contributed by atoms with Gasteiger partial charge in [0.15, 0.2) is 0 Å². The Morgan fingerprint density at radius 1 is 1.45 bits per heavy atom. The van der Waals surface area contributed by atoms with Crippen LogP contribution in [-0.4, -0.2) is 22.6 Å². The number of amides is 1. The van der Waals surface area contributed by atoms with Crippen molar-refractivity contribution in [2.75, 3.05) is 6.54 Å². The predicted octanol–water partition coefficient (Wildman–Crippen LogP) is 2.94. The molecule has 5 nitrogen and oxygen atoms in total. The number of carbonyl (C=O) groups excluding carboxylic acids is 1. The number of nitrogens with zero attached hydrogens (tertiary/aromatic N) is 2. The maximum atomic E-state index is 14.1. The summed E-state index contributed by atoms with van der Waals surface area (Å²) in [6, 6.07) is 4.26. The van der Waals surface area contributed by atoms with Crippen molar-refractivity contribution in [2.24, 2.45) is 0 Å². The molecule has 0 spiro atoms. The molecule has 0 aliphatic carbocycles. The fraction of sp³-hybridized carbons (Fsp3) is 0.357. The first-order chi connectivity index (χ1) is 10.3. The van der Waals surface area contributed by atoms with Gasteiger partial charge in [0, 0.05) is 12.1 Å². The maximum Gasteiger partial charge on any atom is 0.254 e. The highest BCUT2D eigenvalue weighted by Gasteiger charge is 2.23. The van der Waals surface area contributed by atoms with Crippen molar-refractivity contribution in [2.45, 2.75) is 25.2 Å². The summed E-state index contributed by atoms with van der Waals surface area (Å²) in [6.07, 6.45) is 0.792. The molecule has 2 rings (SSSR count). The Morgan fingerprint density at radius 3 is 2.73 bits per heavy atom. The smallest absolute Gasteiger partial charge is 0.254 e. The van der Waals surface area contributed by atoms with Gasteiger partial charge in [-0.15, -0.1) is 18.5 Å². The summed E-state index contributed by atoms with van der Waals surface area (Å²) in [5, 5.41) is 6.48. The zero-order chi connectivity index (χ0) is 16.3. The normalized spacial score (nSPS) is 11.5. The van der Waals surface area contributed by atoms with Crippen molar-refractivity contribution in [1.82, 2.24) is 15.5 Å². The summed E-state index contributed by atoms with van der Waals surface area (Å²) in [5.41, 5.74) is 0.460. The summed E-state index contributed by atoms with van der Waals surface area (Å²) in [6.45, 7) is 4.32. The molecule has 0 radical (unpaired) electrons. The summed E-state index contributed by atoms with van der Waals surface area (Å²) in [4.78, 5) is 15.6. The van der Waals surface area contributed by atoms with Crippen molar-refractivity contribution in [1.29, 1.82) is 0 Å². The molecule has 0 saturated carbocycles. The minimum atomic E-state index is -0.614. The Morgan fingerprint density at radius 2 is 2.18 bits per heavy atom. The van der Waals surface area contributed by atoms with E-state index in [0.717, 1.165) is 6.42 Å². The van der Waals surface area contributed by atoms with Gasteiger partial charge in [0.2, 0.25) is 11.7 Å². The van der Waals surface area contributed by atoms with Crippen molar-refractivity contribution in [3.05, 3.63) is 35.5 Å². The summed E-state index contributed by atoms with van der Waals surface area (Å²) in [5.74, 6) is -0.354. The van der Waals surface area contributed by atoms with Crippen LogP contribution in [0.3, 0.4) is 0 Å². The minimum absolute atomic E-state index is 0.00264. The molecule has 0 fully saturated rings. The van der Waals surface area contributed by atoms with Crippen LogP contribution >= 0.6 is 18.5 Å². The van der Waals surface area contributed by atoms with E-state index in [9.17, 15) is 9.18 Å². The Kier molecular flexibility index (Phi) is 5.25. The van der Waals surface area contributed by atoms with Crippen LogP contribution in [0.2, 0.25) is 0 Å². The lowest BCUT2D eigenvalue weighted by molar-refractivity contribution is 0.0949. The van der Waals surface area contributed by atoms with Gasteiger partial charge in [-0.05, 0) is 25.5 Å². The van der Waals surface area contributed by atoms with Gasteiger partial charge < -0.3 is 9.84 Å². The highest BCUT2D eigenvalue weighted by atomic mass is 31.1. The van der Waals surface area contributed by atoms with E-state index in [1.54, 1.807) is 6.07 Å². The molecule has 118 valence electrons. The largest absolute Gasteiger partial charge is 0.352 e. The Hall–Kier alpha value is -1.38. The first-order valence-corrected chi connectivity index (χ1v) is 7.98. The van der Waals surface area contributed by atoms with E-state index in [-0.39, 0.29) is 11.4 Å². The van der Waals surface area contributed by atoms with E-state index in [0.29, 0.717) is 18.0 Å². The van der Waals surface area contributed by atoms with Crippen molar-refractivity contribution >= 4 is 24.4 Å². The van der Waals surface area contributed by atoms with Gasteiger partial charge in [-0.25, -0.2) is 4.39 Å². The van der Waals surface area contributed by atoms with Crippen LogP contribution in [0.25, 0.3) is 11.4 Å². The summed E-state index contributed by atoms with van der Waals surface area (Å²) >= 11 is 0. The molecule has 8 heteroatoms. The van der Waals surface area contributed by atoms with Crippen LogP contribution in [0, 0.1) is 5.82 Å². The van der Waals surface area contributed by atoms with Gasteiger partial charge in [0.25, 0.3) is 5.91 Å². The van der Waals surface area contributed by atoms with Crippen LogP contribution in [0.4, 0.5) is 4.39 Å². The van der Waals surface area contributed by atoms with Crippen LogP contribution in [0.5, 0.6) is 0 Å². The predicted molar refractivity (Wildman–Crippen MR) is 89.1 cm³/mol. The number of hydrogen-bond acceptors (Lipinski definition) is 4. The van der Waals surface area contributed by atoms with Crippen molar-refractivity contribution in [3.63, 3.8) is 0 Å². The van der Waals surface area contributed by atoms with E-state index in [4.69, 9.17) is 4.52 Å². The van der Waals surface area contributed by atoms with Gasteiger partial charge in [0.05, 0.1) is 10.5 Å². The number of nitrogens with one attached hydrogen (secondary N) is 1. The molecule has 2 atom stereocenters. The van der Waals surface area contributed by atoms with E-state index < -0.39 is 16.6 Å². The number of rotatable bonds is 5. The second-order valence-corrected chi connectivity index (χ2v) is 8.22. The third kappa shape index (κ3) is 3.88. The van der Waals surface area contributed by atoms with Gasteiger partial charge in [-0.3, -0.25) is 4.79 Å². The molecule has 0 aliphatic heterocycles. The Balaban J connectivity index is 2.26. The van der Waals surface area contributed by atoms with Crippen LogP contribution in [-0.2, 0) is 4.90 Å². The van der Waals surface area contributed by atoms with E-state index >= 15 is 0 Å². The molecule has 0 bridgehead atoms. The SMILES string of the molecule is CCCNC(=O)c1ccc(-c2noc(C(C)(P)P)n2)cc1F. The average Bonchev–Trinajstić information content (AvgIpc) is 2.94. The number of hydrogen-bond donors (Lipinski definition) is 1. The van der Waals surface area contributed by atoms with Gasteiger partial charge in [-0.1, -0.05) is 18.1 Å². The quantitative estimate of drug-likeness (QED) is 0.849. The third-order valence-electron chi connectivity index (χ3n) is 2.89. The van der Waals surface area contributed by atoms with Crippen molar-refractivity contribution < 1.29 is 13.7 Å². The topological polar surface area (TPSA) is 68.0 Å². The lowest BCUT2D eigenvalue weighted by atomic mass is 10.1. The summed E-state index contributed by atoms with van der Waals surface area (Å²) in [7, 11) is 5.13. The Bertz CT molecular complexity index is 683. The first kappa shape index (κ1) is 17.0. The standard InChI is InChI=1S/C14H18FN3O2P2/c1-3-6-16-12(19)9-5-4-8(7-10(9)15)11-17-13(20-18-11)14(2,21)22/h4-5,7H,3,6,21-22H2,1-2H3,(H,16,19). The van der Waals surface area contributed by atoms with Crippen LogP contribution < -0.4 is 5.32 Å². The molecule has 0 aliphatic rings. The van der Waals surface area contributed by atoms with Gasteiger partial charge in [-0.2, -0.15) is 4.98 Å². The highest BCUT2D eigenvalue weighted by molar-refractivity contribution is 7.38.